The van der Waals surface area contributed by atoms with Gasteiger partial charge in [0.1, 0.15) is 16.6 Å². The summed E-state index contributed by atoms with van der Waals surface area (Å²) in [6, 6.07) is 9.68. The maximum absolute atomic E-state index is 5.70. The van der Waals surface area contributed by atoms with Crippen molar-refractivity contribution in [2.24, 2.45) is 0 Å². The van der Waals surface area contributed by atoms with E-state index in [9.17, 15) is 0 Å². The van der Waals surface area contributed by atoms with E-state index < -0.39 is 0 Å². The van der Waals surface area contributed by atoms with Crippen LogP contribution in [0.5, 0.6) is 5.75 Å². The molecular weight excluding hydrogens is 260 g/mol. The highest BCUT2D eigenvalue weighted by atomic mass is 32.2. The van der Waals surface area contributed by atoms with Crippen molar-refractivity contribution in [1.29, 1.82) is 0 Å². The van der Waals surface area contributed by atoms with Crippen LogP contribution in [0.25, 0.3) is 0 Å². The molecule has 19 heavy (non-hydrogen) atoms. The Kier molecular flexibility index (Phi) is 4.46. The number of nitrogens with one attached hydrogen (secondary N) is 1. The molecule has 0 fully saturated rings. The van der Waals surface area contributed by atoms with Gasteiger partial charge in [-0.1, -0.05) is 17.8 Å². The Morgan fingerprint density at radius 1 is 1.32 bits per heavy atom. The first-order valence-electron chi connectivity index (χ1n) is 5.91. The molecule has 6 heteroatoms. The number of methoxy groups -OCH3 is 1. The zero-order valence-electron chi connectivity index (χ0n) is 10.9. The van der Waals surface area contributed by atoms with Gasteiger partial charge < -0.3 is 15.8 Å². The number of rotatable bonds is 5. The van der Waals surface area contributed by atoms with Gasteiger partial charge in [0.2, 0.25) is 5.95 Å². The molecule has 3 N–H and O–H groups in total. The first kappa shape index (κ1) is 13.5. The monoisotopic (exact) mass is 276 g/mol. The fourth-order valence-corrected chi connectivity index (χ4v) is 2.43. The van der Waals surface area contributed by atoms with Crippen LogP contribution in [-0.4, -0.2) is 23.6 Å². The van der Waals surface area contributed by atoms with E-state index in [-0.39, 0.29) is 5.95 Å². The molecule has 0 aliphatic heterocycles. The van der Waals surface area contributed by atoms with Crippen LogP contribution >= 0.6 is 11.8 Å². The highest BCUT2D eigenvalue weighted by Gasteiger charge is 2.05. The molecular formula is C13H16N4OS. The summed E-state index contributed by atoms with van der Waals surface area (Å²) in [4.78, 5) is 9.37. The van der Waals surface area contributed by atoms with Gasteiger partial charge >= 0.3 is 0 Å². The molecule has 0 atom stereocenters. The Morgan fingerprint density at radius 3 is 2.89 bits per heavy atom. The number of anilines is 2. The fraction of sp³-hybridized carbons (Fsp3) is 0.231. The second-order valence-electron chi connectivity index (χ2n) is 3.76. The van der Waals surface area contributed by atoms with Gasteiger partial charge in [-0.15, -0.1) is 0 Å². The number of benzene rings is 1. The molecule has 0 saturated carbocycles. The lowest BCUT2D eigenvalue weighted by molar-refractivity contribution is 0.413. The van der Waals surface area contributed by atoms with Gasteiger partial charge in [0.15, 0.2) is 0 Å². The van der Waals surface area contributed by atoms with Gasteiger partial charge in [0, 0.05) is 17.5 Å². The second-order valence-corrected chi connectivity index (χ2v) is 4.85. The van der Waals surface area contributed by atoms with Crippen molar-refractivity contribution >= 4 is 23.5 Å². The van der Waals surface area contributed by atoms with Crippen LogP contribution in [0.2, 0.25) is 0 Å². The lowest BCUT2D eigenvalue weighted by Crippen LogP contribution is -2.03. The molecule has 1 heterocycles. The van der Waals surface area contributed by atoms with Crippen LogP contribution in [0, 0.1) is 0 Å². The third-order valence-electron chi connectivity index (χ3n) is 2.34. The Labute approximate surface area is 116 Å². The minimum atomic E-state index is 0.267. The van der Waals surface area contributed by atoms with Crippen LogP contribution in [-0.2, 0) is 0 Å². The summed E-state index contributed by atoms with van der Waals surface area (Å²) in [6.45, 7) is 2.80. The summed E-state index contributed by atoms with van der Waals surface area (Å²) < 4.78 is 5.20. The molecule has 1 aromatic carbocycles. The third-order valence-corrected chi connectivity index (χ3v) is 3.25. The van der Waals surface area contributed by atoms with Gasteiger partial charge in [0.25, 0.3) is 0 Å². The average molecular weight is 276 g/mol. The van der Waals surface area contributed by atoms with E-state index in [2.05, 4.69) is 15.3 Å². The number of ether oxygens (including phenoxy) is 1. The number of aromatic nitrogens is 2. The second kappa shape index (κ2) is 6.29. The molecule has 2 rings (SSSR count). The molecule has 0 aliphatic carbocycles. The molecule has 1 aromatic heterocycles. The van der Waals surface area contributed by atoms with E-state index in [1.807, 2.05) is 37.3 Å². The zero-order chi connectivity index (χ0) is 13.7. The number of nitrogen functional groups attached to an aromatic ring is 1. The van der Waals surface area contributed by atoms with Crippen molar-refractivity contribution in [3.8, 4) is 5.75 Å². The summed E-state index contributed by atoms with van der Waals surface area (Å²) in [5.74, 6) is 1.82. The molecule has 100 valence electrons. The highest BCUT2D eigenvalue weighted by Crippen LogP contribution is 2.30. The lowest BCUT2D eigenvalue weighted by Gasteiger charge is -2.07. The molecule has 0 spiro atoms. The van der Waals surface area contributed by atoms with E-state index >= 15 is 0 Å². The largest absolute Gasteiger partial charge is 0.497 e. The maximum atomic E-state index is 5.70. The van der Waals surface area contributed by atoms with Gasteiger partial charge in [-0.05, 0) is 25.1 Å². The minimum Gasteiger partial charge on any atom is -0.497 e. The van der Waals surface area contributed by atoms with Crippen molar-refractivity contribution in [2.45, 2.75) is 16.8 Å². The predicted molar refractivity (Wildman–Crippen MR) is 77.7 cm³/mol. The molecule has 0 unspecified atom stereocenters. The van der Waals surface area contributed by atoms with Crippen LogP contribution in [0.3, 0.4) is 0 Å². The maximum Gasteiger partial charge on any atom is 0.223 e. The van der Waals surface area contributed by atoms with Crippen LogP contribution < -0.4 is 15.8 Å². The van der Waals surface area contributed by atoms with E-state index in [0.717, 1.165) is 28.0 Å². The van der Waals surface area contributed by atoms with Crippen molar-refractivity contribution < 1.29 is 4.74 Å². The SMILES string of the molecule is CCNc1cc(Sc2cccc(OC)c2)nc(N)n1. The number of nitrogens with two attached hydrogens (primary N) is 1. The van der Waals surface area contributed by atoms with Gasteiger partial charge in [-0.3, -0.25) is 0 Å². The smallest absolute Gasteiger partial charge is 0.223 e. The Balaban J connectivity index is 2.22. The molecule has 0 radical (unpaired) electrons. The molecule has 0 amide bonds. The van der Waals surface area contributed by atoms with E-state index in [1.54, 1.807) is 7.11 Å². The summed E-state index contributed by atoms with van der Waals surface area (Å²) in [7, 11) is 1.65. The standard InChI is InChI=1S/C13H16N4OS/c1-3-15-11-8-12(17-13(14)16-11)19-10-6-4-5-9(7-10)18-2/h4-8H,3H2,1-2H3,(H3,14,15,16,17). The topological polar surface area (TPSA) is 73.1 Å². The minimum absolute atomic E-state index is 0.267. The Hall–Kier alpha value is -1.95. The van der Waals surface area contributed by atoms with Crippen LogP contribution in [0.1, 0.15) is 6.92 Å². The number of hydrogen-bond donors (Lipinski definition) is 2. The number of hydrogen-bond acceptors (Lipinski definition) is 6. The first-order chi connectivity index (χ1) is 9.21. The number of nitrogens with zero attached hydrogens (tertiary/aromatic N) is 2. The first-order valence-corrected chi connectivity index (χ1v) is 6.73. The summed E-state index contributed by atoms with van der Waals surface area (Å²) >= 11 is 1.52. The molecule has 5 nitrogen and oxygen atoms in total. The van der Waals surface area contributed by atoms with Gasteiger partial charge in [-0.25, -0.2) is 4.98 Å². The van der Waals surface area contributed by atoms with E-state index in [0.29, 0.717) is 0 Å². The van der Waals surface area contributed by atoms with Crippen LogP contribution in [0.15, 0.2) is 40.3 Å². The summed E-state index contributed by atoms with van der Waals surface area (Å²) in [5, 5.41) is 3.93. The van der Waals surface area contributed by atoms with Crippen molar-refractivity contribution in [3.05, 3.63) is 30.3 Å². The van der Waals surface area contributed by atoms with Gasteiger partial charge in [-0.2, -0.15) is 4.98 Å². The van der Waals surface area contributed by atoms with Crippen molar-refractivity contribution in [3.63, 3.8) is 0 Å². The third kappa shape index (κ3) is 3.75. The molecule has 0 saturated heterocycles. The molecule has 2 aromatic rings. The average Bonchev–Trinajstić information content (AvgIpc) is 2.38. The Morgan fingerprint density at radius 2 is 2.16 bits per heavy atom. The molecule has 0 aliphatic rings. The van der Waals surface area contributed by atoms with Crippen molar-refractivity contribution in [2.75, 3.05) is 24.7 Å². The Bertz CT molecular complexity index is 562. The normalized spacial score (nSPS) is 10.2. The highest BCUT2D eigenvalue weighted by molar-refractivity contribution is 7.99. The lowest BCUT2D eigenvalue weighted by atomic mass is 10.3. The van der Waals surface area contributed by atoms with E-state index in [1.165, 1.54) is 11.8 Å². The van der Waals surface area contributed by atoms with Crippen molar-refractivity contribution in [1.82, 2.24) is 9.97 Å². The fourth-order valence-electron chi connectivity index (χ4n) is 1.55. The summed E-state index contributed by atoms with van der Waals surface area (Å²) in [5.41, 5.74) is 5.70. The predicted octanol–water partition coefficient (Wildman–Crippen LogP) is 2.65. The van der Waals surface area contributed by atoms with E-state index in [4.69, 9.17) is 10.5 Å². The molecule has 0 bridgehead atoms. The zero-order valence-corrected chi connectivity index (χ0v) is 11.7. The quantitative estimate of drug-likeness (QED) is 0.818. The summed E-state index contributed by atoms with van der Waals surface area (Å²) in [6.07, 6.45) is 0. The van der Waals surface area contributed by atoms with Crippen LogP contribution in [0.4, 0.5) is 11.8 Å². The van der Waals surface area contributed by atoms with Gasteiger partial charge in [0.05, 0.1) is 7.11 Å².